The molecule has 0 aliphatic carbocycles. The van der Waals surface area contributed by atoms with Crippen molar-refractivity contribution in [2.24, 2.45) is 0 Å². The van der Waals surface area contributed by atoms with E-state index >= 15 is 0 Å². The lowest BCUT2D eigenvalue weighted by Gasteiger charge is -1.96. The van der Waals surface area contributed by atoms with Crippen molar-refractivity contribution < 1.29 is 4.92 Å². The maximum absolute atomic E-state index is 11.3. The Morgan fingerprint density at radius 2 is 1.72 bits per heavy atom. The lowest BCUT2D eigenvalue weighted by Crippen LogP contribution is -1.89. The molecule has 1 aromatic carbocycles. The van der Waals surface area contributed by atoms with Gasteiger partial charge in [0.25, 0.3) is 0 Å². The quantitative estimate of drug-likeness (QED) is 0.506. The van der Waals surface area contributed by atoms with Crippen molar-refractivity contribution >= 4 is 11.2 Å². The summed E-state index contributed by atoms with van der Waals surface area (Å²) in [7, 11) is 0. The van der Waals surface area contributed by atoms with Gasteiger partial charge in [0.2, 0.25) is 0 Å². The van der Waals surface area contributed by atoms with Gasteiger partial charge in [0.05, 0.1) is 10.5 Å². The molecule has 3 aromatic rings. The average Bonchev–Trinajstić information content (AvgIpc) is 2.79. The summed E-state index contributed by atoms with van der Waals surface area (Å²) in [5.41, 5.74) is 2.27. The van der Waals surface area contributed by atoms with E-state index < -0.39 is 0 Å². The maximum atomic E-state index is 11.3. The summed E-state index contributed by atoms with van der Waals surface area (Å²) in [6.45, 7) is 0. The van der Waals surface area contributed by atoms with E-state index in [1.807, 2.05) is 42.6 Å². The predicted molar refractivity (Wildman–Crippen MR) is 69.5 cm³/mol. The van der Waals surface area contributed by atoms with Crippen LogP contribution in [0, 0.1) is 10.1 Å². The van der Waals surface area contributed by atoms with Crippen LogP contribution in [0.25, 0.3) is 16.6 Å². The van der Waals surface area contributed by atoms with E-state index in [4.69, 9.17) is 0 Å². The first-order valence-corrected chi connectivity index (χ1v) is 5.57. The zero-order valence-electron chi connectivity index (χ0n) is 9.48. The van der Waals surface area contributed by atoms with Gasteiger partial charge in [-0.05, 0) is 17.7 Å². The van der Waals surface area contributed by atoms with Crippen LogP contribution in [0.3, 0.4) is 0 Å². The molecule has 88 valence electrons. The fourth-order valence-electron chi connectivity index (χ4n) is 2.13. The Hall–Kier alpha value is -2.62. The second-order valence-corrected chi connectivity index (χ2v) is 4.01. The molecule has 2 aromatic heterocycles. The molecule has 0 aliphatic heterocycles. The third-order valence-electron chi connectivity index (χ3n) is 2.92. The van der Waals surface area contributed by atoms with Crippen molar-refractivity contribution in [3.05, 3.63) is 71.0 Å². The Morgan fingerprint density at radius 1 is 1.00 bits per heavy atom. The summed E-state index contributed by atoms with van der Waals surface area (Å²) in [6, 6.07) is 14.8. The van der Waals surface area contributed by atoms with Crippen LogP contribution in [-0.2, 0) is 0 Å². The summed E-state index contributed by atoms with van der Waals surface area (Å²) in [5, 5.41) is 11.3. The van der Waals surface area contributed by atoms with Gasteiger partial charge in [-0.15, -0.1) is 0 Å². The standard InChI is InChI=1S/C14H10N2O2/c17-16(18)14-12(11-6-2-1-3-7-11)10-15-9-5-4-8-13(14)15/h1-10H. The number of hydrogen-bond donors (Lipinski definition) is 0. The number of rotatable bonds is 2. The minimum absolute atomic E-state index is 0.154. The molecule has 0 spiro atoms. The first-order chi connectivity index (χ1) is 8.77. The SMILES string of the molecule is O=[N+]([O-])c1c(-c2ccccc2)cn2ccccc12. The average molecular weight is 238 g/mol. The zero-order chi connectivity index (χ0) is 12.5. The predicted octanol–water partition coefficient (Wildman–Crippen LogP) is 3.51. The zero-order valence-corrected chi connectivity index (χ0v) is 9.48. The van der Waals surface area contributed by atoms with E-state index in [-0.39, 0.29) is 10.6 Å². The molecule has 0 bridgehead atoms. The third kappa shape index (κ3) is 1.55. The lowest BCUT2D eigenvalue weighted by atomic mass is 10.1. The van der Waals surface area contributed by atoms with Crippen molar-refractivity contribution in [3.63, 3.8) is 0 Å². The maximum Gasteiger partial charge on any atom is 0.302 e. The first-order valence-electron chi connectivity index (χ1n) is 5.57. The highest BCUT2D eigenvalue weighted by Gasteiger charge is 2.21. The molecule has 4 heteroatoms. The molecule has 0 aliphatic rings. The van der Waals surface area contributed by atoms with Crippen molar-refractivity contribution in [3.8, 4) is 11.1 Å². The Bertz CT molecular complexity index is 717. The number of nitro groups is 1. The van der Waals surface area contributed by atoms with E-state index in [1.54, 1.807) is 22.7 Å². The van der Waals surface area contributed by atoms with Crippen LogP contribution in [0.15, 0.2) is 60.9 Å². The summed E-state index contributed by atoms with van der Waals surface area (Å²) < 4.78 is 1.78. The van der Waals surface area contributed by atoms with Crippen LogP contribution in [0.1, 0.15) is 0 Å². The first kappa shape index (κ1) is 10.5. The molecule has 0 atom stereocenters. The van der Waals surface area contributed by atoms with E-state index in [2.05, 4.69) is 0 Å². The normalized spacial score (nSPS) is 10.7. The number of hydrogen-bond acceptors (Lipinski definition) is 2. The minimum Gasteiger partial charge on any atom is -0.317 e. The molecule has 18 heavy (non-hydrogen) atoms. The van der Waals surface area contributed by atoms with Gasteiger partial charge in [-0.3, -0.25) is 10.1 Å². The summed E-state index contributed by atoms with van der Waals surface area (Å²) in [5.74, 6) is 0. The van der Waals surface area contributed by atoms with Crippen LogP contribution in [0.5, 0.6) is 0 Å². The van der Waals surface area contributed by atoms with Crippen LogP contribution >= 0.6 is 0 Å². The van der Waals surface area contributed by atoms with Gasteiger partial charge >= 0.3 is 5.69 Å². The molecule has 4 nitrogen and oxygen atoms in total. The molecule has 0 unspecified atom stereocenters. The van der Waals surface area contributed by atoms with Crippen molar-refractivity contribution in [1.82, 2.24) is 4.40 Å². The highest BCUT2D eigenvalue weighted by molar-refractivity contribution is 5.85. The van der Waals surface area contributed by atoms with Gasteiger partial charge in [-0.1, -0.05) is 36.4 Å². The topological polar surface area (TPSA) is 47.5 Å². The lowest BCUT2D eigenvalue weighted by molar-refractivity contribution is -0.382. The van der Waals surface area contributed by atoms with Gasteiger partial charge in [-0.25, -0.2) is 0 Å². The fourth-order valence-corrected chi connectivity index (χ4v) is 2.13. The second-order valence-electron chi connectivity index (χ2n) is 4.01. The second kappa shape index (κ2) is 4.00. The largest absolute Gasteiger partial charge is 0.317 e. The number of benzene rings is 1. The summed E-state index contributed by atoms with van der Waals surface area (Å²) in [4.78, 5) is 10.9. The van der Waals surface area contributed by atoms with Crippen LogP contribution in [0.2, 0.25) is 0 Å². The fraction of sp³-hybridized carbons (Fsp3) is 0. The van der Waals surface area contributed by atoms with Gasteiger partial charge in [0.15, 0.2) is 0 Å². The van der Waals surface area contributed by atoms with Crippen molar-refractivity contribution in [2.45, 2.75) is 0 Å². The summed E-state index contributed by atoms with van der Waals surface area (Å²) >= 11 is 0. The molecular weight excluding hydrogens is 228 g/mol. The van der Waals surface area contributed by atoms with E-state index in [0.717, 1.165) is 5.56 Å². The smallest absolute Gasteiger partial charge is 0.302 e. The van der Waals surface area contributed by atoms with Gasteiger partial charge in [0, 0.05) is 12.4 Å². The molecule has 2 heterocycles. The van der Waals surface area contributed by atoms with Gasteiger partial charge in [-0.2, -0.15) is 0 Å². The highest BCUT2D eigenvalue weighted by atomic mass is 16.6. The molecule has 0 radical (unpaired) electrons. The Kier molecular flexibility index (Phi) is 2.34. The Morgan fingerprint density at radius 3 is 2.44 bits per heavy atom. The van der Waals surface area contributed by atoms with E-state index in [9.17, 15) is 10.1 Å². The molecule has 0 saturated heterocycles. The van der Waals surface area contributed by atoms with Crippen molar-refractivity contribution in [2.75, 3.05) is 0 Å². The molecule has 0 saturated carbocycles. The van der Waals surface area contributed by atoms with E-state index in [0.29, 0.717) is 11.1 Å². The number of fused-ring (bicyclic) bond motifs is 1. The number of pyridine rings is 1. The van der Waals surface area contributed by atoms with Gasteiger partial charge < -0.3 is 4.40 Å². The Labute approximate surface area is 103 Å². The third-order valence-corrected chi connectivity index (χ3v) is 2.92. The molecular formula is C14H10N2O2. The summed E-state index contributed by atoms with van der Waals surface area (Å²) in [6.07, 6.45) is 3.61. The minimum atomic E-state index is -0.322. The van der Waals surface area contributed by atoms with Crippen LogP contribution < -0.4 is 0 Å². The molecule has 0 amide bonds. The monoisotopic (exact) mass is 238 g/mol. The molecule has 0 fully saturated rings. The number of nitrogens with zero attached hydrogens (tertiary/aromatic N) is 2. The van der Waals surface area contributed by atoms with E-state index in [1.165, 1.54) is 0 Å². The van der Waals surface area contributed by atoms with Gasteiger partial charge in [0.1, 0.15) is 5.52 Å². The van der Waals surface area contributed by atoms with Crippen LogP contribution in [-0.4, -0.2) is 9.32 Å². The van der Waals surface area contributed by atoms with Crippen LogP contribution in [0.4, 0.5) is 5.69 Å². The number of aromatic nitrogens is 1. The molecule has 0 N–H and O–H groups in total. The Balaban J connectivity index is 2.36. The highest BCUT2D eigenvalue weighted by Crippen LogP contribution is 2.34. The molecule has 3 rings (SSSR count). The van der Waals surface area contributed by atoms with Crippen molar-refractivity contribution in [1.29, 1.82) is 0 Å².